The van der Waals surface area contributed by atoms with E-state index in [2.05, 4.69) is 20.1 Å². The fourth-order valence-corrected chi connectivity index (χ4v) is 3.03. The van der Waals surface area contributed by atoms with Crippen molar-refractivity contribution >= 4 is 18.0 Å². The molecule has 0 aliphatic carbocycles. The van der Waals surface area contributed by atoms with Crippen LogP contribution in [0.25, 0.3) is 10.4 Å². The van der Waals surface area contributed by atoms with Crippen LogP contribution in [0, 0.1) is 0 Å². The molecule has 1 aliphatic rings. The molecule has 3 N–H and O–H groups in total. The van der Waals surface area contributed by atoms with E-state index in [9.17, 15) is 14.4 Å². The quantitative estimate of drug-likeness (QED) is 0.113. The molecule has 13 heteroatoms. The fourth-order valence-electron chi connectivity index (χ4n) is 3.03. The lowest BCUT2D eigenvalue weighted by molar-refractivity contribution is -0.141. The van der Waals surface area contributed by atoms with E-state index in [1.807, 2.05) is 13.0 Å². The van der Waals surface area contributed by atoms with E-state index in [0.717, 1.165) is 5.56 Å². The van der Waals surface area contributed by atoms with Crippen LogP contribution < -0.4 is 20.3 Å². The zero-order valence-electron chi connectivity index (χ0n) is 21.3. The minimum Gasteiger partial charge on any atom is -0.486 e. The largest absolute Gasteiger partial charge is 0.486 e. The second-order valence-electron chi connectivity index (χ2n) is 8.81. The Bertz CT molecular complexity index is 928. The Kier molecular flexibility index (Phi) is 12.9. The Balaban J connectivity index is 0.000000371. The lowest BCUT2D eigenvalue weighted by atomic mass is 10.0. The molecule has 0 bridgehead atoms. The number of fused-ring (bicyclic) bond motifs is 1. The average Bonchev–Trinajstić information content (AvgIpc) is 2.82. The summed E-state index contributed by atoms with van der Waals surface area (Å²) < 4.78 is 20.5. The predicted molar refractivity (Wildman–Crippen MR) is 129 cm³/mol. The number of methoxy groups -OCH3 is 1. The van der Waals surface area contributed by atoms with Crippen molar-refractivity contribution in [3.05, 3.63) is 34.2 Å². The number of amides is 2. The molecule has 1 aromatic carbocycles. The number of rotatable bonds is 9. The Morgan fingerprint density at radius 1 is 1.19 bits per heavy atom. The number of esters is 1. The van der Waals surface area contributed by atoms with E-state index >= 15 is 0 Å². The molecule has 2 atom stereocenters. The summed E-state index contributed by atoms with van der Waals surface area (Å²) in [5.74, 6) is 0.372. The number of ether oxygens (including phenoxy) is 4. The summed E-state index contributed by atoms with van der Waals surface area (Å²) in [6, 6.07) is 4.58. The smallest absolute Gasteiger partial charge is 0.407 e. The highest BCUT2D eigenvalue weighted by molar-refractivity contribution is 5.75. The maximum absolute atomic E-state index is 11.4. The minimum absolute atomic E-state index is 0.0883. The molecule has 36 heavy (non-hydrogen) atoms. The number of hydrogen-bond acceptors (Lipinski definition) is 9. The minimum atomic E-state index is -0.597. The van der Waals surface area contributed by atoms with Gasteiger partial charge in [0.1, 0.15) is 18.8 Å². The van der Waals surface area contributed by atoms with E-state index in [0.29, 0.717) is 37.6 Å². The number of hydroxylamine groups is 1. The van der Waals surface area contributed by atoms with Crippen LogP contribution in [0.2, 0.25) is 0 Å². The molecular formula is C23H35N5O8. The molecule has 13 nitrogen and oxygen atoms in total. The lowest BCUT2D eigenvalue weighted by Gasteiger charge is -2.22. The number of azide groups is 1. The van der Waals surface area contributed by atoms with Crippen molar-refractivity contribution < 1.29 is 38.5 Å². The SMILES string of the molecule is CC[C@H](CC(=O)OC)NC(=O)OC(C)(C)C.[N-]=[N+]=N[C@@H](CC(=O)NO)Cc1ccc2c(c1)OCCO2. The molecule has 0 spiro atoms. The van der Waals surface area contributed by atoms with Crippen LogP contribution in [0.5, 0.6) is 11.5 Å². The first kappa shape index (κ1) is 30.3. The van der Waals surface area contributed by atoms with Crippen molar-refractivity contribution in [3.8, 4) is 11.5 Å². The summed E-state index contributed by atoms with van der Waals surface area (Å²) in [7, 11) is 1.32. The van der Waals surface area contributed by atoms with Gasteiger partial charge in [0.2, 0.25) is 5.91 Å². The van der Waals surface area contributed by atoms with Crippen molar-refractivity contribution in [2.45, 2.75) is 71.1 Å². The van der Waals surface area contributed by atoms with Crippen molar-refractivity contribution in [3.63, 3.8) is 0 Å². The van der Waals surface area contributed by atoms with Crippen molar-refractivity contribution in [1.29, 1.82) is 0 Å². The van der Waals surface area contributed by atoms with Gasteiger partial charge in [-0.15, -0.1) is 0 Å². The zero-order valence-corrected chi connectivity index (χ0v) is 21.3. The van der Waals surface area contributed by atoms with Gasteiger partial charge in [-0.1, -0.05) is 18.1 Å². The summed E-state index contributed by atoms with van der Waals surface area (Å²) >= 11 is 0. The second-order valence-corrected chi connectivity index (χ2v) is 8.81. The Hall–Kier alpha value is -3.70. The van der Waals surface area contributed by atoms with Gasteiger partial charge in [0.25, 0.3) is 0 Å². The molecule has 1 aliphatic heterocycles. The van der Waals surface area contributed by atoms with Crippen molar-refractivity contribution in [1.82, 2.24) is 10.8 Å². The third-order valence-corrected chi connectivity index (χ3v) is 4.69. The fraction of sp³-hybridized carbons (Fsp3) is 0.609. The van der Waals surface area contributed by atoms with Crippen LogP contribution in [0.15, 0.2) is 23.3 Å². The van der Waals surface area contributed by atoms with Crippen LogP contribution in [0.1, 0.15) is 52.5 Å². The number of carbonyl (C=O) groups is 3. The Morgan fingerprint density at radius 2 is 1.86 bits per heavy atom. The highest BCUT2D eigenvalue weighted by atomic mass is 16.6. The number of carbonyl (C=O) groups excluding carboxylic acids is 3. The van der Waals surface area contributed by atoms with Crippen LogP contribution in [-0.2, 0) is 25.5 Å². The number of nitrogens with zero attached hydrogens (tertiary/aromatic N) is 3. The van der Waals surface area contributed by atoms with Gasteiger partial charge in [0, 0.05) is 17.4 Å². The number of nitrogens with one attached hydrogen (secondary N) is 2. The zero-order chi connectivity index (χ0) is 27.1. The summed E-state index contributed by atoms with van der Waals surface area (Å²) in [6.45, 7) is 8.24. The first-order valence-corrected chi connectivity index (χ1v) is 11.4. The molecule has 0 radical (unpaired) electrons. The number of hydrogen-bond donors (Lipinski definition) is 3. The van der Waals surface area contributed by atoms with Crippen molar-refractivity contribution in [2.75, 3.05) is 20.3 Å². The normalized spacial score (nSPS) is 13.5. The predicted octanol–water partition coefficient (Wildman–Crippen LogP) is 3.43. The van der Waals surface area contributed by atoms with Gasteiger partial charge in [-0.3, -0.25) is 14.8 Å². The Morgan fingerprint density at radius 3 is 2.42 bits per heavy atom. The Labute approximate surface area is 210 Å². The molecule has 0 unspecified atom stereocenters. The molecule has 2 rings (SSSR count). The highest BCUT2D eigenvalue weighted by Crippen LogP contribution is 2.31. The van der Waals surface area contributed by atoms with E-state index in [-0.39, 0.29) is 24.9 Å². The second kappa shape index (κ2) is 15.3. The summed E-state index contributed by atoms with van der Waals surface area (Å²) in [4.78, 5) is 36.3. The first-order chi connectivity index (χ1) is 17.0. The van der Waals surface area contributed by atoms with Gasteiger partial charge >= 0.3 is 12.1 Å². The summed E-state index contributed by atoms with van der Waals surface area (Å²) in [5, 5.41) is 14.7. The van der Waals surface area contributed by atoms with Gasteiger partial charge in [0.15, 0.2) is 11.5 Å². The molecule has 2 amide bonds. The average molecular weight is 510 g/mol. The molecule has 1 heterocycles. The van der Waals surface area contributed by atoms with Gasteiger partial charge in [0.05, 0.1) is 19.6 Å². The highest BCUT2D eigenvalue weighted by Gasteiger charge is 2.20. The third kappa shape index (κ3) is 12.1. The van der Waals surface area contributed by atoms with Crippen LogP contribution >= 0.6 is 0 Å². The van der Waals surface area contributed by atoms with Gasteiger partial charge in [-0.25, -0.2) is 10.3 Å². The lowest BCUT2D eigenvalue weighted by Crippen LogP contribution is -2.40. The summed E-state index contributed by atoms with van der Waals surface area (Å²) in [5.41, 5.74) is 10.4. The number of benzene rings is 1. The standard InChI is InChI=1S/C12H14N4O4.C11H21NO4/c13-16-14-9(7-12(17)15-18)5-8-1-2-10-11(6-8)20-4-3-19-10;1-6-8(7-9(13)15-5)12-10(14)16-11(2,3)4/h1-2,6,9,18H,3-5,7H2,(H,15,17);8H,6-7H2,1-5H3,(H,12,14)/t9-;8-/m11/s1. The van der Waals surface area contributed by atoms with E-state index in [4.69, 9.17) is 24.9 Å². The van der Waals surface area contributed by atoms with Gasteiger partial charge in [-0.2, -0.15) is 0 Å². The number of alkyl carbamates (subject to hydrolysis) is 1. The van der Waals surface area contributed by atoms with Gasteiger partial charge < -0.3 is 24.3 Å². The molecule has 200 valence electrons. The molecule has 0 aromatic heterocycles. The first-order valence-electron chi connectivity index (χ1n) is 11.4. The topological polar surface area (TPSA) is 181 Å². The molecular weight excluding hydrogens is 474 g/mol. The van der Waals surface area contributed by atoms with E-state index in [1.165, 1.54) is 12.6 Å². The van der Waals surface area contributed by atoms with E-state index in [1.54, 1.807) is 32.9 Å². The third-order valence-electron chi connectivity index (χ3n) is 4.69. The molecule has 0 saturated carbocycles. The summed E-state index contributed by atoms with van der Waals surface area (Å²) in [6.07, 6.45) is 0.576. The molecule has 1 aromatic rings. The maximum Gasteiger partial charge on any atom is 0.407 e. The van der Waals surface area contributed by atoms with Gasteiger partial charge in [-0.05, 0) is 56.8 Å². The monoisotopic (exact) mass is 509 g/mol. The van der Waals surface area contributed by atoms with Crippen LogP contribution in [-0.4, -0.2) is 61.2 Å². The van der Waals surface area contributed by atoms with Crippen LogP contribution in [0.4, 0.5) is 4.79 Å². The van der Waals surface area contributed by atoms with E-state index < -0.39 is 23.6 Å². The van der Waals surface area contributed by atoms with Crippen LogP contribution in [0.3, 0.4) is 0 Å². The van der Waals surface area contributed by atoms with Crippen molar-refractivity contribution in [2.24, 2.45) is 5.11 Å². The molecule has 0 fully saturated rings. The molecule has 0 saturated heterocycles. The maximum atomic E-state index is 11.4.